The Morgan fingerprint density at radius 3 is 2.21 bits per heavy atom. The van der Waals surface area contributed by atoms with E-state index in [0.29, 0.717) is 30.3 Å². The van der Waals surface area contributed by atoms with Crippen LogP contribution in [0, 0.1) is 0 Å². The molecule has 0 heterocycles. The van der Waals surface area contributed by atoms with E-state index in [1.54, 1.807) is 31.4 Å². The lowest BCUT2D eigenvalue weighted by Gasteiger charge is -2.10. The first-order valence-corrected chi connectivity index (χ1v) is 10.1. The lowest BCUT2D eigenvalue weighted by atomic mass is 10.3. The number of benzene rings is 2. The van der Waals surface area contributed by atoms with Crippen molar-refractivity contribution in [2.75, 3.05) is 38.7 Å². The third-order valence-corrected chi connectivity index (χ3v) is 5.09. The number of rotatable bonds is 11. The van der Waals surface area contributed by atoms with E-state index < -0.39 is 10.0 Å². The molecule has 1 amide bonds. The van der Waals surface area contributed by atoms with Crippen molar-refractivity contribution in [3.63, 3.8) is 0 Å². The number of carbonyl (C=O) groups excluding carboxylic acids is 1. The maximum atomic E-state index is 12.4. The second-order valence-corrected chi connectivity index (χ2v) is 7.47. The van der Waals surface area contributed by atoms with Crippen molar-refractivity contribution in [3.8, 4) is 11.5 Å². The number of hydrogen-bond acceptors (Lipinski definition) is 6. The summed E-state index contributed by atoms with van der Waals surface area (Å²) in [6.07, 6.45) is 0.718. The van der Waals surface area contributed by atoms with E-state index in [1.165, 1.54) is 31.4 Å². The van der Waals surface area contributed by atoms with Crippen molar-refractivity contribution < 1.29 is 27.4 Å². The molecule has 0 aliphatic heterocycles. The number of anilines is 1. The van der Waals surface area contributed by atoms with Crippen molar-refractivity contribution in [3.05, 3.63) is 48.5 Å². The molecule has 28 heavy (non-hydrogen) atoms. The van der Waals surface area contributed by atoms with Crippen LogP contribution in [0.1, 0.15) is 6.42 Å². The van der Waals surface area contributed by atoms with Gasteiger partial charge in [-0.15, -0.1) is 0 Å². The molecular weight excluding hydrogens is 384 g/mol. The first-order chi connectivity index (χ1) is 13.4. The van der Waals surface area contributed by atoms with Crippen LogP contribution < -0.4 is 19.5 Å². The van der Waals surface area contributed by atoms with Crippen LogP contribution in [0.5, 0.6) is 11.5 Å². The molecule has 0 atom stereocenters. The Labute approximate surface area is 164 Å². The molecule has 2 N–H and O–H groups in total. The zero-order chi connectivity index (χ0) is 20.4. The number of methoxy groups -OCH3 is 2. The smallest absolute Gasteiger partial charge is 0.261 e. The number of ether oxygens (including phenoxy) is 3. The second kappa shape index (κ2) is 10.5. The van der Waals surface area contributed by atoms with Crippen molar-refractivity contribution in [1.82, 2.24) is 5.32 Å². The predicted octanol–water partition coefficient (Wildman–Crippen LogP) is 2.03. The summed E-state index contributed by atoms with van der Waals surface area (Å²) in [6, 6.07) is 12.4. The molecule has 0 radical (unpaired) electrons. The standard InChI is InChI=1S/C19H24N2O6S/c1-25-13-3-12-20-19(22)14-27-17-8-10-18(11-9-17)28(23,24)21-15-4-6-16(26-2)7-5-15/h4-11,21H,3,12-14H2,1-2H3,(H,20,22). The fourth-order valence-electron chi connectivity index (χ4n) is 2.23. The summed E-state index contributed by atoms with van der Waals surface area (Å²) in [6.45, 7) is 0.926. The average molecular weight is 408 g/mol. The SMILES string of the molecule is COCCCNC(=O)COc1ccc(S(=O)(=O)Nc2ccc(OC)cc2)cc1. The van der Waals surface area contributed by atoms with E-state index in [-0.39, 0.29) is 17.4 Å². The quantitative estimate of drug-likeness (QED) is 0.552. The van der Waals surface area contributed by atoms with Crippen LogP contribution in [0.25, 0.3) is 0 Å². The summed E-state index contributed by atoms with van der Waals surface area (Å²) in [5.41, 5.74) is 0.422. The predicted molar refractivity (Wildman–Crippen MR) is 105 cm³/mol. The summed E-state index contributed by atoms with van der Waals surface area (Å²) in [5.74, 6) is 0.775. The number of sulfonamides is 1. The van der Waals surface area contributed by atoms with Crippen LogP contribution in [0.3, 0.4) is 0 Å². The maximum Gasteiger partial charge on any atom is 0.261 e. The molecular formula is C19H24N2O6S. The Balaban J connectivity index is 1.88. The zero-order valence-electron chi connectivity index (χ0n) is 15.8. The zero-order valence-corrected chi connectivity index (χ0v) is 16.6. The number of hydrogen-bond donors (Lipinski definition) is 2. The van der Waals surface area contributed by atoms with Gasteiger partial charge in [-0.1, -0.05) is 0 Å². The van der Waals surface area contributed by atoms with Gasteiger partial charge >= 0.3 is 0 Å². The summed E-state index contributed by atoms with van der Waals surface area (Å²) in [4.78, 5) is 11.7. The van der Waals surface area contributed by atoms with E-state index in [1.807, 2.05) is 0 Å². The summed E-state index contributed by atoms with van der Waals surface area (Å²) < 4.78 is 42.7. The molecule has 0 fully saturated rings. The molecule has 0 spiro atoms. The van der Waals surface area contributed by atoms with Crippen LogP contribution in [-0.4, -0.2) is 48.3 Å². The van der Waals surface area contributed by atoms with Crippen molar-refractivity contribution >= 4 is 21.6 Å². The Morgan fingerprint density at radius 2 is 1.61 bits per heavy atom. The van der Waals surface area contributed by atoms with Crippen molar-refractivity contribution in [2.24, 2.45) is 0 Å². The summed E-state index contributed by atoms with van der Waals surface area (Å²) in [7, 11) is -0.602. The van der Waals surface area contributed by atoms with Crippen LogP contribution in [-0.2, 0) is 19.6 Å². The highest BCUT2D eigenvalue weighted by atomic mass is 32.2. The van der Waals surface area contributed by atoms with E-state index in [2.05, 4.69) is 10.0 Å². The van der Waals surface area contributed by atoms with Gasteiger partial charge in [-0.05, 0) is 55.0 Å². The maximum absolute atomic E-state index is 12.4. The van der Waals surface area contributed by atoms with E-state index in [4.69, 9.17) is 14.2 Å². The lowest BCUT2D eigenvalue weighted by Crippen LogP contribution is -2.30. The van der Waals surface area contributed by atoms with Gasteiger partial charge in [0, 0.05) is 25.9 Å². The normalized spacial score (nSPS) is 10.9. The van der Waals surface area contributed by atoms with E-state index in [0.717, 1.165) is 6.42 Å². The lowest BCUT2D eigenvalue weighted by molar-refractivity contribution is -0.123. The first kappa shape index (κ1) is 21.5. The molecule has 0 saturated heterocycles. The summed E-state index contributed by atoms with van der Waals surface area (Å²) in [5, 5.41) is 2.70. The molecule has 0 aliphatic rings. The van der Waals surface area contributed by atoms with Crippen LogP contribution >= 0.6 is 0 Å². The topological polar surface area (TPSA) is 103 Å². The molecule has 2 rings (SSSR count). The van der Waals surface area contributed by atoms with Gasteiger partial charge in [0.1, 0.15) is 11.5 Å². The largest absolute Gasteiger partial charge is 0.497 e. The third-order valence-electron chi connectivity index (χ3n) is 3.69. The van der Waals surface area contributed by atoms with Gasteiger partial charge in [-0.2, -0.15) is 0 Å². The highest BCUT2D eigenvalue weighted by Crippen LogP contribution is 2.21. The monoisotopic (exact) mass is 408 g/mol. The fourth-order valence-corrected chi connectivity index (χ4v) is 3.29. The van der Waals surface area contributed by atoms with E-state index >= 15 is 0 Å². The Bertz CT molecular complexity index is 851. The minimum atomic E-state index is -3.74. The van der Waals surface area contributed by atoms with Crippen molar-refractivity contribution in [1.29, 1.82) is 0 Å². The van der Waals surface area contributed by atoms with Gasteiger partial charge in [-0.3, -0.25) is 9.52 Å². The molecule has 2 aromatic rings. The molecule has 0 unspecified atom stereocenters. The van der Waals surface area contributed by atoms with Crippen LogP contribution in [0.4, 0.5) is 5.69 Å². The molecule has 152 valence electrons. The van der Waals surface area contributed by atoms with Gasteiger partial charge in [0.15, 0.2) is 6.61 Å². The molecule has 0 aliphatic carbocycles. The average Bonchev–Trinajstić information content (AvgIpc) is 2.70. The molecule has 9 heteroatoms. The number of carbonyl (C=O) groups is 1. The first-order valence-electron chi connectivity index (χ1n) is 8.60. The molecule has 8 nitrogen and oxygen atoms in total. The molecule has 2 aromatic carbocycles. The van der Waals surface area contributed by atoms with E-state index in [9.17, 15) is 13.2 Å². The van der Waals surface area contributed by atoms with Crippen molar-refractivity contribution in [2.45, 2.75) is 11.3 Å². The molecule has 0 bridgehead atoms. The Kier molecular flexibility index (Phi) is 8.09. The van der Waals surface area contributed by atoms with Gasteiger partial charge in [0.2, 0.25) is 0 Å². The van der Waals surface area contributed by atoms with Gasteiger partial charge in [0.05, 0.1) is 12.0 Å². The third kappa shape index (κ3) is 6.75. The van der Waals surface area contributed by atoms with Crippen LogP contribution in [0.2, 0.25) is 0 Å². The van der Waals surface area contributed by atoms with Crippen LogP contribution in [0.15, 0.2) is 53.4 Å². The Hall–Kier alpha value is -2.78. The summed E-state index contributed by atoms with van der Waals surface area (Å²) >= 11 is 0. The molecule has 0 saturated carbocycles. The highest BCUT2D eigenvalue weighted by molar-refractivity contribution is 7.92. The van der Waals surface area contributed by atoms with Gasteiger partial charge < -0.3 is 19.5 Å². The number of nitrogens with one attached hydrogen (secondary N) is 2. The highest BCUT2D eigenvalue weighted by Gasteiger charge is 2.14. The minimum Gasteiger partial charge on any atom is -0.497 e. The van der Waals surface area contributed by atoms with Gasteiger partial charge in [0.25, 0.3) is 15.9 Å². The Morgan fingerprint density at radius 1 is 0.964 bits per heavy atom. The fraction of sp³-hybridized carbons (Fsp3) is 0.316. The molecule has 0 aromatic heterocycles. The van der Waals surface area contributed by atoms with Gasteiger partial charge in [-0.25, -0.2) is 8.42 Å². The number of amides is 1. The minimum absolute atomic E-state index is 0.0830. The second-order valence-electron chi connectivity index (χ2n) is 5.79.